The highest BCUT2D eigenvalue weighted by Gasteiger charge is 2.09. The molecule has 3 nitrogen and oxygen atoms in total. The van der Waals surface area contributed by atoms with Crippen LogP contribution in [0.15, 0.2) is 72.9 Å². The maximum atomic E-state index is 13.1. The summed E-state index contributed by atoms with van der Waals surface area (Å²) >= 11 is 0. The minimum atomic E-state index is -0.297. The van der Waals surface area contributed by atoms with E-state index in [-0.39, 0.29) is 5.82 Å². The Morgan fingerprint density at radius 1 is 0.960 bits per heavy atom. The second kappa shape index (κ2) is 6.24. The number of nitrogens with one attached hydrogen (secondary N) is 2. The van der Waals surface area contributed by atoms with Crippen LogP contribution in [0, 0.1) is 5.82 Å². The van der Waals surface area contributed by atoms with E-state index in [0.29, 0.717) is 11.3 Å². The predicted molar refractivity (Wildman–Crippen MR) is 98.8 cm³/mol. The van der Waals surface area contributed by atoms with E-state index < -0.39 is 0 Å². The van der Waals surface area contributed by atoms with Crippen LogP contribution in [-0.4, -0.2) is 11.3 Å². The van der Waals surface area contributed by atoms with Gasteiger partial charge in [0, 0.05) is 34.0 Å². The van der Waals surface area contributed by atoms with Gasteiger partial charge in [0.2, 0.25) is 0 Å². The number of carbonyl (C=O) groups is 1. The van der Waals surface area contributed by atoms with Crippen molar-refractivity contribution in [1.82, 2.24) is 4.98 Å². The minimum Gasteiger partial charge on any atom is -0.361 e. The smallest absolute Gasteiger partial charge is 0.152 e. The molecule has 0 aliphatic rings. The van der Waals surface area contributed by atoms with Crippen molar-refractivity contribution in [2.45, 2.75) is 0 Å². The Kier molecular flexibility index (Phi) is 3.78. The van der Waals surface area contributed by atoms with Crippen LogP contribution >= 0.6 is 0 Å². The Balaban J connectivity index is 1.79. The number of H-pyrrole nitrogens is 1. The van der Waals surface area contributed by atoms with E-state index in [2.05, 4.69) is 10.3 Å². The Hall–Kier alpha value is -3.40. The number of anilines is 2. The third kappa shape index (κ3) is 2.90. The molecule has 0 aliphatic heterocycles. The number of aldehydes is 1. The van der Waals surface area contributed by atoms with Crippen LogP contribution in [-0.2, 0) is 0 Å². The van der Waals surface area contributed by atoms with Gasteiger partial charge in [-0.1, -0.05) is 18.2 Å². The molecule has 122 valence electrons. The second-order valence-electron chi connectivity index (χ2n) is 5.80. The maximum Gasteiger partial charge on any atom is 0.152 e. The van der Waals surface area contributed by atoms with Gasteiger partial charge in [-0.25, -0.2) is 4.39 Å². The molecule has 4 heteroatoms. The summed E-state index contributed by atoms with van der Waals surface area (Å²) in [7, 11) is 0. The summed E-state index contributed by atoms with van der Waals surface area (Å²) in [5.74, 6) is -0.297. The molecule has 25 heavy (non-hydrogen) atoms. The molecule has 0 fully saturated rings. The average molecular weight is 330 g/mol. The Bertz CT molecular complexity index is 1050. The number of aromatic amines is 1. The van der Waals surface area contributed by atoms with E-state index in [0.717, 1.165) is 34.0 Å². The normalized spacial score (nSPS) is 10.8. The van der Waals surface area contributed by atoms with Crippen molar-refractivity contribution in [3.05, 3.63) is 84.3 Å². The number of hydrogen-bond donors (Lipinski definition) is 2. The number of carbonyl (C=O) groups excluding carboxylic acids is 1. The molecule has 3 aromatic carbocycles. The zero-order valence-corrected chi connectivity index (χ0v) is 13.3. The molecule has 0 radical (unpaired) electrons. The third-order valence-corrected chi connectivity index (χ3v) is 4.21. The van der Waals surface area contributed by atoms with Crippen LogP contribution < -0.4 is 5.32 Å². The molecule has 4 aromatic rings. The monoisotopic (exact) mass is 330 g/mol. The summed E-state index contributed by atoms with van der Waals surface area (Å²) in [5, 5.41) is 4.32. The molecule has 1 heterocycles. The van der Waals surface area contributed by atoms with Crippen molar-refractivity contribution in [1.29, 1.82) is 0 Å². The number of benzene rings is 3. The Morgan fingerprint density at radius 3 is 2.60 bits per heavy atom. The first kappa shape index (κ1) is 15.1. The van der Waals surface area contributed by atoms with E-state index in [1.165, 1.54) is 12.1 Å². The van der Waals surface area contributed by atoms with Crippen LogP contribution in [0.3, 0.4) is 0 Å². The summed E-state index contributed by atoms with van der Waals surface area (Å²) in [6, 6.07) is 19.8. The van der Waals surface area contributed by atoms with E-state index in [1.807, 2.05) is 42.6 Å². The van der Waals surface area contributed by atoms with Crippen molar-refractivity contribution in [3.8, 4) is 11.1 Å². The number of aromatic nitrogens is 1. The second-order valence-corrected chi connectivity index (χ2v) is 5.80. The van der Waals surface area contributed by atoms with Crippen molar-refractivity contribution in [3.63, 3.8) is 0 Å². The number of halogens is 1. The first-order chi connectivity index (χ1) is 12.2. The van der Waals surface area contributed by atoms with Crippen molar-refractivity contribution < 1.29 is 9.18 Å². The van der Waals surface area contributed by atoms with Gasteiger partial charge >= 0.3 is 0 Å². The lowest BCUT2D eigenvalue weighted by molar-refractivity contribution is 0.112. The molecular formula is C21H15FN2O. The fourth-order valence-electron chi connectivity index (χ4n) is 2.96. The standard InChI is InChI=1S/C21H15FN2O/c22-16-6-8-17(9-7-16)24-21-12-14(4-5-15(21)13-25)18-2-1-3-20-19(18)10-11-23-20/h1-13,23-24H. The van der Waals surface area contributed by atoms with Gasteiger partial charge in [0.1, 0.15) is 5.82 Å². The van der Waals surface area contributed by atoms with Gasteiger partial charge in [-0.3, -0.25) is 4.79 Å². The van der Waals surface area contributed by atoms with Gasteiger partial charge in [-0.2, -0.15) is 0 Å². The van der Waals surface area contributed by atoms with Crippen molar-refractivity contribution in [2.24, 2.45) is 0 Å². The number of fused-ring (bicyclic) bond motifs is 1. The van der Waals surface area contributed by atoms with Gasteiger partial charge in [0.15, 0.2) is 6.29 Å². The zero-order valence-electron chi connectivity index (χ0n) is 13.3. The molecule has 1 aromatic heterocycles. The van der Waals surface area contributed by atoms with Crippen LogP contribution in [0.25, 0.3) is 22.0 Å². The highest BCUT2D eigenvalue weighted by Crippen LogP contribution is 2.32. The summed E-state index contributed by atoms with van der Waals surface area (Å²) < 4.78 is 13.1. The van der Waals surface area contributed by atoms with Crippen LogP contribution in [0.4, 0.5) is 15.8 Å². The first-order valence-electron chi connectivity index (χ1n) is 7.93. The molecule has 0 bridgehead atoms. The average Bonchev–Trinajstić information content (AvgIpc) is 3.12. The lowest BCUT2D eigenvalue weighted by atomic mass is 9.99. The molecule has 0 atom stereocenters. The molecular weight excluding hydrogens is 315 g/mol. The summed E-state index contributed by atoms with van der Waals surface area (Å²) in [6.45, 7) is 0. The van der Waals surface area contributed by atoms with Gasteiger partial charge in [-0.05, 0) is 59.7 Å². The number of rotatable bonds is 4. The molecule has 4 rings (SSSR count). The van der Waals surface area contributed by atoms with E-state index >= 15 is 0 Å². The summed E-state index contributed by atoms with van der Waals surface area (Å²) in [6.07, 6.45) is 2.72. The lowest BCUT2D eigenvalue weighted by Gasteiger charge is -2.12. The van der Waals surface area contributed by atoms with Crippen LogP contribution in [0.2, 0.25) is 0 Å². The Labute approximate surface area is 144 Å². The van der Waals surface area contributed by atoms with Gasteiger partial charge in [0.25, 0.3) is 0 Å². The van der Waals surface area contributed by atoms with Gasteiger partial charge < -0.3 is 10.3 Å². The van der Waals surface area contributed by atoms with Crippen LogP contribution in [0.5, 0.6) is 0 Å². The lowest BCUT2D eigenvalue weighted by Crippen LogP contribution is -1.96. The van der Waals surface area contributed by atoms with Gasteiger partial charge in [0.05, 0.1) is 0 Å². The van der Waals surface area contributed by atoms with Crippen molar-refractivity contribution >= 4 is 28.6 Å². The molecule has 0 saturated carbocycles. The molecule has 2 N–H and O–H groups in total. The van der Waals surface area contributed by atoms with E-state index in [4.69, 9.17) is 0 Å². The maximum absolute atomic E-state index is 13.1. The topological polar surface area (TPSA) is 44.9 Å². The predicted octanol–water partition coefficient (Wildman–Crippen LogP) is 5.53. The Morgan fingerprint density at radius 2 is 1.80 bits per heavy atom. The quantitative estimate of drug-likeness (QED) is 0.483. The molecule has 0 spiro atoms. The molecule has 0 saturated heterocycles. The highest BCUT2D eigenvalue weighted by molar-refractivity contribution is 5.97. The largest absolute Gasteiger partial charge is 0.361 e. The molecule has 0 unspecified atom stereocenters. The van der Waals surface area contributed by atoms with E-state index in [9.17, 15) is 9.18 Å². The summed E-state index contributed by atoms with van der Waals surface area (Å²) in [5.41, 5.74) is 5.10. The minimum absolute atomic E-state index is 0.297. The highest BCUT2D eigenvalue weighted by atomic mass is 19.1. The van der Waals surface area contributed by atoms with Crippen molar-refractivity contribution in [2.75, 3.05) is 5.32 Å². The first-order valence-corrected chi connectivity index (χ1v) is 7.93. The number of hydrogen-bond acceptors (Lipinski definition) is 2. The molecule has 0 aliphatic carbocycles. The fraction of sp³-hybridized carbons (Fsp3) is 0. The van der Waals surface area contributed by atoms with Crippen LogP contribution in [0.1, 0.15) is 10.4 Å². The zero-order chi connectivity index (χ0) is 17.2. The molecule has 0 amide bonds. The van der Waals surface area contributed by atoms with Gasteiger partial charge in [-0.15, -0.1) is 0 Å². The summed E-state index contributed by atoms with van der Waals surface area (Å²) in [4.78, 5) is 14.6. The fourth-order valence-corrected chi connectivity index (χ4v) is 2.96. The van der Waals surface area contributed by atoms with E-state index in [1.54, 1.807) is 18.2 Å². The third-order valence-electron chi connectivity index (χ3n) is 4.21. The SMILES string of the molecule is O=Cc1ccc(-c2cccc3[nH]ccc23)cc1Nc1ccc(F)cc1.